The van der Waals surface area contributed by atoms with E-state index in [0.29, 0.717) is 11.4 Å². The molecule has 0 spiro atoms. The summed E-state index contributed by atoms with van der Waals surface area (Å²) in [5.41, 5.74) is 6.43. The highest BCUT2D eigenvalue weighted by Crippen LogP contribution is 2.29. The summed E-state index contributed by atoms with van der Waals surface area (Å²) in [4.78, 5) is 22.5. The molecule has 4 rings (SSSR count). The van der Waals surface area contributed by atoms with E-state index in [4.69, 9.17) is 0 Å². The second kappa shape index (κ2) is 8.12. The minimum Gasteiger partial charge on any atom is -0.384 e. The van der Waals surface area contributed by atoms with Gasteiger partial charge >= 0.3 is 6.03 Å². The molecule has 0 aromatic heterocycles. The van der Waals surface area contributed by atoms with Gasteiger partial charge in [0.15, 0.2) is 0 Å². The van der Waals surface area contributed by atoms with Crippen LogP contribution in [0.4, 0.5) is 38.9 Å². The molecule has 1 aliphatic heterocycles. The van der Waals surface area contributed by atoms with Crippen LogP contribution in [0, 0.1) is 17.0 Å². The number of nitro groups is 1. The van der Waals surface area contributed by atoms with Crippen molar-refractivity contribution >= 4 is 40.2 Å². The van der Waals surface area contributed by atoms with Gasteiger partial charge in [-0.15, -0.1) is 0 Å². The lowest BCUT2D eigenvalue weighted by atomic mass is 10.1. The van der Waals surface area contributed by atoms with Crippen molar-refractivity contribution in [3.05, 3.63) is 81.9 Å². The van der Waals surface area contributed by atoms with Crippen LogP contribution in [-0.4, -0.2) is 17.5 Å². The number of hydrogen-bond donors (Lipinski definition) is 4. The molecular weight excluding hydrogens is 382 g/mol. The van der Waals surface area contributed by atoms with Gasteiger partial charge < -0.3 is 21.3 Å². The Morgan fingerprint density at radius 2 is 1.67 bits per heavy atom. The van der Waals surface area contributed by atoms with Crippen LogP contribution in [0.3, 0.4) is 0 Å². The van der Waals surface area contributed by atoms with Gasteiger partial charge in [-0.2, -0.15) is 0 Å². The van der Waals surface area contributed by atoms with Crippen LogP contribution in [0.25, 0.3) is 0 Å². The van der Waals surface area contributed by atoms with E-state index in [1.54, 1.807) is 0 Å². The fourth-order valence-electron chi connectivity index (χ4n) is 3.32. The van der Waals surface area contributed by atoms with Crippen molar-refractivity contribution in [1.29, 1.82) is 0 Å². The molecule has 8 heteroatoms. The number of non-ortho nitro benzene ring substituents is 1. The molecular formula is C22H21N5O3. The molecule has 0 atom stereocenters. The van der Waals surface area contributed by atoms with Gasteiger partial charge in [0.2, 0.25) is 0 Å². The number of hydrogen-bond acceptors (Lipinski definition) is 5. The first-order chi connectivity index (χ1) is 14.5. The van der Waals surface area contributed by atoms with Gasteiger partial charge in [0.05, 0.1) is 4.92 Å². The Morgan fingerprint density at radius 3 is 2.43 bits per heavy atom. The third-order valence-corrected chi connectivity index (χ3v) is 4.93. The lowest BCUT2D eigenvalue weighted by Gasteiger charge is -2.14. The Balaban J connectivity index is 1.43. The molecule has 0 radical (unpaired) electrons. The van der Waals surface area contributed by atoms with Crippen LogP contribution in [0.15, 0.2) is 60.7 Å². The number of nitro benzene ring substituents is 1. The molecule has 30 heavy (non-hydrogen) atoms. The first-order valence-electron chi connectivity index (χ1n) is 9.55. The predicted octanol–water partition coefficient (Wildman–Crippen LogP) is 5.26. The summed E-state index contributed by atoms with van der Waals surface area (Å²) in [6.45, 7) is 2.95. The van der Waals surface area contributed by atoms with Crippen LogP contribution in [0.1, 0.15) is 11.1 Å². The maximum absolute atomic E-state index is 12.3. The van der Waals surface area contributed by atoms with Crippen molar-refractivity contribution in [2.24, 2.45) is 0 Å². The Kier molecular flexibility index (Phi) is 5.21. The van der Waals surface area contributed by atoms with Crippen molar-refractivity contribution in [2.45, 2.75) is 13.3 Å². The maximum Gasteiger partial charge on any atom is 0.323 e. The zero-order chi connectivity index (χ0) is 21.1. The summed E-state index contributed by atoms with van der Waals surface area (Å²) < 4.78 is 0. The first-order valence-corrected chi connectivity index (χ1v) is 9.55. The fourth-order valence-corrected chi connectivity index (χ4v) is 3.32. The van der Waals surface area contributed by atoms with Crippen LogP contribution >= 0.6 is 0 Å². The maximum atomic E-state index is 12.3. The monoisotopic (exact) mass is 403 g/mol. The van der Waals surface area contributed by atoms with Crippen LogP contribution in [0.2, 0.25) is 0 Å². The van der Waals surface area contributed by atoms with E-state index in [9.17, 15) is 14.9 Å². The van der Waals surface area contributed by atoms with Crippen LogP contribution in [-0.2, 0) is 6.42 Å². The van der Waals surface area contributed by atoms with Gasteiger partial charge in [0.1, 0.15) is 0 Å². The number of fused-ring (bicyclic) bond motifs is 1. The first kappa shape index (κ1) is 19.3. The summed E-state index contributed by atoms with van der Waals surface area (Å²) in [7, 11) is 0. The quantitative estimate of drug-likeness (QED) is 0.343. The van der Waals surface area contributed by atoms with Crippen molar-refractivity contribution in [1.82, 2.24) is 0 Å². The minimum absolute atomic E-state index is 0.0306. The Morgan fingerprint density at radius 1 is 0.967 bits per heavy atom. The number of urea groups is 1. The van der Waals surface area contributed by atoms with Crippen molar-refractivity contribution < 1.29 is 9.72 Å². The van der Waals surface area contributed by atoms with Crippen molar-refractivity contribution in [2.75, 3.05) is 27.8 Å². The Bertz CT molecular complexity index is 1110. The van der Waals surface area contributed by atoms with E-state index in [1.165, 1.54) is 29.8 Å². The van der Waals surface area contributed by atoms with Gasteiger partial charge in [-0.05, 0) is 60.9 Å². The number of rotatable bonds is 5. The van der Waals surface area contributed by atoms with Crippen LogP contribution in [0.5, 0.6) is 0 Å². The molecule has 152 valence electrons. The second-order valence-electron chi connectivity index (χ2n) is 7.09. The standard InChI is InChI=1S/C22H21N5O3/c1-14-2-4-18(26-22(28)25-16-6-8-19(9-7-16)27(29)30)12-20(14)24-17-5-3-15-10-11-23-21(15)13-17/h2-9,12-13,23-24H,10-11H2,1H3,(H2,25,26,28). The average molecular weight is 403 g/mol. The topological polar surface area (TPSA) is 108 Å². The molecule has 0 saturated heterocycles. The molecule has 4 N–H and O–H groups in total. The lowest BCUT2D eigenvalue weighted by molar-refractivity contribution is -0.384. The van der Waals surface area contributed by atoms with E-state index in [1.807, 2.05) is 31.2 Å². The number of carbonyl (C=O) groups excluding carboxylic acids is 1. The fraction of sp³-hybridized carbons (Fsp3) is 0.136. The van der Waals surface area contributed by atoms with Crippen molar-refractivity contribution in [3.8, 4) is 0 Å². The molecule has 2 amide bonds. The van der Waals surface area contributed by atoms with E-state index in [-0.39, 0.29) is 5.69 Å². The number of anilines is 5. The van der Waals surface area contributed by atoms with E-state index in [0.717, 1.165) is 35.6 Å². The Hall–Kier alpha value is -4.07. The predicted molar refractivity (Wildman–Crippen MR) is 119 cm³/mol. The molecule has 0 fully saturated rings. The molecule has 3 aromatic rings. The molecule has 0 saturated carbocycles. The van der Waals surface area contributed by atoms with Crippen molar-refractivity contribution in [3.63, 3.8) is 0 Å². The zero-order valence-corrected chi connectivity index (χ0v) is 16.4. The summed E-state index contributed by atoms with van der Waals surface area (Å²) in [6.07, 6.45) is 1.04. The molecule has 8 nitrogen and oxygen atoms in total. The number of aryl methyl sites for hydroxylation is 1. The number of nitrogens with zero attached hydrogens (tertiary/aromatic N) is 1. The van der Waals surface area contributed by atoms with E-state index >= 15 is 0 Å². The van der Waals surface area contributed by atoms with Crippen LogP contribution < -0.4 is 21.3 Å². The number of benzene rings is 3. The normalized spacial score (nSPS) is 11.9. The summed E-state index contributed by atoms with van der Waals surface area (Å²) in [5.74, 6) is 0. The molecule has 0 unspecified atom stereocenters. The second-order valence-corrected chi connectivity index (χ2v) is 7.09. The average Bonchev–Trinajstić information content (AvgIpc) is 3.19. The third kappa shape index (κ3) is 4.33. The number of carbonyl (C=O) groups is 1. The van der Waals surface area contributed by atoms with Gasteiger partial charge in [-0.25, -0.2) is 4.79 Å². The largest absolute Gasteiger partial charge is 0.384 e. The SMILES string of the molecule is Cc1ccc(NC(=O)Nc2ccc([N+](=O)[O-])cc2)cc1Nc1ccc2c(c1)NCC2. The highest BCUT2D eigenvalue weighted by Gasteiger charge is 2.11. The lowest BCUT2D eigenvalue weighted by Crippen LogP contribution is -2.19. The van der Waals surface area contributed by atoms with Gasteiger partial charge in [0.25, 0.3) is 5.69 Å². The summed E-state index contributed by atoms with van der Waals surface area (Å²) in [6, 6.07) is 17.1. The third-order valence-electron chi connectivity index (χ3n) is 4.93. The number of nitrogens with one attached hydrogen (secondary N) is 4. The van der Waals surface area contributed by atoms with Gasteiger partial charge in [-0.3, -0.25) is 10.1 Å². The highest BCUT2D eigenvalue weighted by molar-refractivity contribution is 6.00. The molecule has 1 aliphatic rings. The molecule has 0 aliphatic carbocycles. The smallest absolute Gasteiger partial charge is 0.323 e. The molecule has 0 bridgehead atoms. The zero-order valence-electron chi connectivity index (χ0n) is 16.4. The van der Waals surface area contributed by atoms with Gasteiger partial charge in [-0.1, -0.05) is 12.1 Å². The minimum atomic E-state index is -0.484. The molecule has 1 heterocycles. The van der Waals surface area contributed by atoms with E-state index in [2.05, 4.69) is 33.4 Å². The molecule has 3 aromatic carbocycles. The Labute approximate surface area is 173 Å². The van der Waals surface area contributed by atoms with E-state index < -0.39 is 11.0 Å². The number of amides is 2. The summed E-state index contributed by atoms with van der Waals surface area (Å²) >= 11 is 0. The highest BCUT2D eigenvalue weighted by atomic mass is 16.6. The van der Waals surface area contributed by atoms with Gasteiger partial charge in [0, 0.05) is 47.1 Å². The summed E-state index contributed by atoms with van der Waals surface area (Å²) in [5, 5.41) is 22.9.